The average molecular weight is 520 g/mol. The van der Waals surface area contributed by atoms with Gasteiger partial charge in [0.25, 0.3) is 11.5 Å². The molecule has 2 heterocycles. The van der Waals surface area contributed by atoms with Crippen molar-refractivity contribution in [3.05, 3.63) is 63.9 Å². The van der Waals surface area contributed by atoms with Crippen LogP contribution in [0, 0.1) is 11.7 Å². The fourth-order valence-electron chi connectivity index (χ4n) is 4.27. The van der Waals surface area contributed by atoms with E-state index in [2.05, 4.69) is 15.5 Å². The van der Waals surface area contributed by atoms with Crippen molar-refractivity contribution in [1.82, 2.24) is 19.6 Å². The Balaban J connectivity index is 1.54. The number of rotatable bonds is 10. The van der Waals surface area contributed by atoms with Crippen LogP contribution in [0.5, 0.6) is 11.5 Å². The number of nitrogens with one attached hydrogen (secondary N) is 1. The van der Waals surface area contributed by atoms with E-state index in [1.54, 1.807) is 12.3 Å². The van der Waals surface area contributed by atoms with Crippen LogP contribution < -0.4 is 15.6 Å². The van der Waals surface area contributed by atoms with Crippen LogP contribution in [0.2, 0.25) is 5.02 Å². The van der Waals surface area contributed by atoms with E-state index >= 15 is 0 Å². The molecular formula is C24H27ClFN5O5. The summed E-state index contributed by atoms with van der Waals surface area (Å²) in [5, 5.41) is 29.5. The molecule has 0 bridgehead atoms. The Morgan fingerprint density at radius 1 is 1.31 bits per heavy atom. The minimum absolute atomic E-state index is 0.0126. The van der Waals surface area contributed by atoms with E-state index in [0.29, 0.717) is 6.42 Å². The number of aromatic nitrogens is 4. The Bertz CT molecular complexity index is 1260. The van der Waals surface area contributed by atoms with Crippen molar-refractivity contribution in [1.29, 1.82) is 0 Å². The standard InChI is InChI=1S/C24H27ClFN5O5/c25-18-6-3-7-20(23(18)26)36-17-11-22(34)31(27-12-17)19(10-15-4-1-2-5-15)24(35)28-21-8-9-30(29-21)13-16(33)14-32/h3,6-9,11-12,15-16,19,32-33H,1-2,4-5,10,13-14H2,(H,28,29,35). The Hall–Kier alpha value is -3.28. The summed E-state index contributed by atoms with van der Waals surface area (Å²) in [6.07, 6.45) is 6.31. The van der Waals surface area contributed by atoms with Gasteiger partial charge >= 0.3 is 0 Å². The molecule has 4 rings (SSSR count). The van der Waals surface area contributed by atoms with Gasteiger partial charge in [0.2, 0.25) is 0 Å². The molecule has 2 atom stereocenters. The maximum absolute atomic E-state index is 14.2. The third-order valence-corrected chi connectivity index (χ3v) is 6.37. The molecule has 2 unspecified atom stereocenters. The Morgan fingerprint density at radius 2 is 2.08 bits per heavy atom. The van der Waals surface area contributed by atoms with Gasteiger partial charge in [-0.2, -0.15) is 10.2 Å². The first kappa shape index (κ1) is 25.8. The van der Waals surface area contributed by atoms with Crippen molar-refractivity contribution >= 4 is 23.3 Å². The van der Waals surface area contributed by atoms with Gasteiger partial charge in [-0.15, -0.1) is 0 Å². The SMILES string of the molecule is O=C(Nc1ccn(CC(O)CO)n1)C(CC1CCCC1)n1ncc(Oc2cccc(Cl)c2F)cc1=O. The fourth-order valence-corrected chi connectivity index (χ4v) is 4.44. The van der Waals surface area contributed by atoms with Gasteiger partial charge in [0.05, 0.1) is 30.5 Å². The highest BCUT2D eigenvalue weighted by Gasteiger charge is 2.29. The molecule has 1 aliphatic rings. The largest absolute Gasteiger partial charge is 0.452 e. The Labute approximate surface area is 211 Å². The van der Waals surface area contributed by atoms with E-state index in [4.69, 9.17) is 21.4 Å². The van der Waals surface area contributed by atoms with Gasteiger partial charge in [-0.1, -0.05) is 43.4 Å². The summed E-state index contributed by atoms with van der Waals surface area (Å²) in [5.41, 5.74) is -0.579. The van der Waals surface area contributed by atoms with Gasteiger partial charge < -0.3 is 20.3 Å². The van der Waals surface area contributed by atoms with Crippen molar-refractivity contribution < 1.29 is 24.1 Å². The van der Waals surface area contributed by atoms with E-state index in [1.807, 2.05) is 0 Å². The van der Waals surface area contributed by atoms with E-state index < -0.39 is 36.0 Å². The van der Waals surface area contributed by atoms with Crippen LogP contribution in [0.15, 0.2) is 47.5 Å². The highest BCUT2D eigenvalue weighted by Crippen LogP contribution is 2.32. The zero-order valence-corrected chi connectivity index (χ0v) is 20.1. The molecule has 0 saturated heterocycles. The second-order valence-electron chi connectivity index (χ2n) is 8.78. The summed E-state index contributed by atoms with van der Waals surface area (Å²) in [4.78, 5) is 26.2. The minimum atomic E-state index is -0.979. The monoisotopic (exact) mass is 519 g/mol. The van der Waals surface area contributed by atoms with E-state index in [0.717, 1.165) is 36.4 Å². The van der Waals surface area contributed by atoms with Crippen LogP contribution in [-0.2, 0) is 11.3 Å². The Morgan fingerprint density at radius 3 is 2.81 bits per heavy atom. The molecule has 10 nitrogen and oxygen atoms in total. The van der Waals surface area contributed by atoms with E-state index in [9.17, 15) is 19.1 Å². The number of anilines is 1. The van der Waals surface area contributed by atoms with Crippen molar-refractivity contribution in [2.45, 2.75) is 50.8 Å². The van der Waals surface area contributed by atoms with E-state index in [1.165, 1.54) is 29.1 Å². The van der Waals surface area contributed by atoms with Crippen molar-refractivity contribution in [3.63, 3.8) is 0 Å². The topological polar surface area (TPSA) is 132 Å². The molecule has 1 amide bonds. The minimum Gasteiger partial charge on any atom is -0.452 e. The number of carbonyl (C=O) groups excluding carboxylic acids is 1. The second-order valence-corrected chi connectivity index (χ2v) is 9.19. The first-order valence-corrected chi connectivity index (χ1v) is 12.1. The summed E-state index contributed by atoms with van der Waals surface area (Å²) in [7, 11) is 0. The lowest BCUT2D eigenvalue weighted by atomic mass is 9.98. The molecule has 2 aromatic heterocycles. The molecular weight excluding hydrogens is 493 g/mol. The first-order chi connectivity index (χ1) is 17.3. The van der Waals surface area contributed by atoms with Crippen LogP contribution in [-0.4, -0.2) is 48.4 Å². The molecule has 3 aromatic rings. The smallest absolute Gasteiger partial charge is 0.271 e. The fraction of sp³-hybridized carbons (Fsp3) is 0.417. The molecule has 1 aliphatic carbocycles. The summed E-state index contributed by atoms with van der Waals surface area (Å²) in [6, 6.07) is 6.08. The number of aliphatic hydroxyl groups excluding tert-OH is 2. The Kier molecular flexibility index (Phi) is 8.34. The summed E-state index contributed by atoms with van der Waals surface area (Å²) >= 11 is 5.78. The van der Waals surface area contributed by atoms with Crippen LogP contribution >= 0.6 is 11.6 Å². The number of benzene rings is 1. The lowest BCUT2D eigenvalue weighted by molar-refractivity contribution is -0.120. The molecule has 1 aromatic carbocycles. The lowest BCUT2D eigenvalue weighted by Crippen LogP contribution is -2.36. The summed E-state index contributed by atoms with van der Waals surface area (Å²) in [5.74, 6) is -0.844. The lowest BCUT2D eigenvalue weighted by Gasteiger charge is -2.21. The van der Waals surface area contributed by atoms with Gasteiger partial charge in [-0.3, -0.25) is 14.3 Å². The predicted molar refractivity (Wildman–Crippen MR) is 130 cm³/mol. The van der Waals surface area contributed by atoms with Crippen molar-refractivity contribution in [2.24, 2.45) is 5.92 Å². The number of halogens is 2. The number of hydrogen-bond acceptors (Lipinski definition) is 7. The molecule has 1 saturated carbocycles. The van der Waals surface area contributed by atoms with Gasteiger partial charge in [-0.05, 0) is 24.5 Å². The van der Waals surface area contributed by atoms with Crippen molar-refractivity contribution in [3.8, 4) is 11.5 Å². The maximum atomic E-state index is 14.2. The quantitative estimate of drug-likeness (QED) is 0.375. The zero-order valence-electron chi connectivity index (χ0n) is 19.4. The van der Waals surface area contributed by atoms with Crippen LogP contribution in [0.25, 0.3) is 0 Å². The molecule has 0 radical (unpaired) electrons. The number of aliphatic hydroxyl groups is 2. The number of hydrogen-bond donors (Lipinski definition) is 3. The molecule has 1 fully saturated rings. The molecule has 3 N–H and O–H groups in total. The second kappa shape index (κ2) is 11.6. The highest BCUT2D eigenvalue weighted by atomic mass is 35.5. The zero-order chi connectivity index (χ0) is 25.7. The normalized spacial score (nSPS) is 15.6. The number of carbonyl (C=O) groups is 1. The van der Waals surface area contributed by atoms with Crippen LogP contribution in [0.4, 0.5) is 10.2 Å². The molecule has 0 aliphatic heterocycles. The van der Waals surface area contributed by atoms with E-state index in [-0.39, 0.29) is 34.8 Å². The predicted octanol–water partition coefficient (Wildman–Crippen LogP) is 3.14. The van der Waals surface area contributed by atoms with Crippen molar-refractivity contribution in [2.75, 3.05) is 11.9 Å². The number of amides is 1. The van der Waals surface area contributed by atoms with Gasteiger partial charge in [0.1, 0.15) is 6.04 Å². The number of ether oxygens (including phenoxy) is 1. The summed E-state index contributed by atoms with van der Waals surface area (Å²) < 4.78 is 22.1. The first-order valence-electron chi connectivity index (χ1n) is 11.7. The molecule has 192 valence electrons. The summed E-state index contributed by atoms with van der Waals surface area (Å²) in [6.45, 7) is -0.350. The van der Waals surface area contributed by atoms with Crippen LogP contribution in [0.3, 0.4) is 0 Å². The average Bonchev–Trinajstić information content (AvgIpc) is 3.53. The van der Waals surface area contributed by atoms with Crippen LogP contribution in [0.1, 0.15) is 38.1 Å². The molecule has 36 heavy (non-hydrogen) atoms. The van der Waals surface area contributed by atoms with Gasteiger partial charge in [0.15, 0.2) is 23.1 Å². The molecule has 0 spiro atoms. The van der Waals surface area contributed by atoms with Gasteiger partial charge in [0, 0.05) is 18.3 Å². The third-order valence-electron chi connectivity index (χ3n) is 6.07. The third kappa shape index (κ3) is 6.28. The highest BCUT2D eigenvalue weighted by molar-refractivity contribution is 6.30. The number of nitrogens with zero attached hydrogens (tertiary/aromatic N) is 4. The maximum Gasteiger partial charge on any atom is 0.271 e. The molecule has 12 heteroatoms. The van der Waals surface area contributed by atoms with Gasteiger partial charge in [-0.25, -0.2) is 9.07 Å².